The molecule has 0 bridgehead atoms. The molecule has 3 amide bonds. The molecule has 3 aliphatic heterocycles. The van der Waals surface area contributed by atoms with E-state index in [0.29, 0.717) is 31.9 Å². The Morgan fingerprint density at radius 2 is 1.56 bits per heavy atom. The van der Waals surface area contributed by atoms with Crippen LogP contribution in [0.5, 0.6) is 0 Å². The smallest absolute Gasteiger partial charge is 0.306 e. The van der Waals surface area contributed by atoms with Crippen molar-refractivity contribution < 1.29 is 64.4 Å². The number of ether oxygens (including phenoxy) is 1. The van der Waals surface area contributed by atoms with Crippen LogP contribution in [0.15, 0.2) is 36.4 Å². The minimum atomic E-state index is -4.60. The number of carbonyl (C=O) groups excluding carboxylic acids is 3. The quantitative estimate of drug-likeness (QED) is 0.0810. The monoisotopic (exact) mass is 630 g/mol. The van der Waals surface area contributed by atoms with Crippen LogP contribution in [-0.4, -0.2) is 136 Å². The highest BCUT2D eigenvalue weighted by Gasteiger charge is 2.79. The number of benzene rings is 2. The van der Waals surface area contributed by atoms with Crippen molar-refractivity contribution in [2.24, 2.45) is 0 Å². The van der Waals surface area contributed by atoms with Gasteiger partial charge in [-0.05, 0) is 35.4 Å². The Morgan fingerprint density at radius 1 is 0.933 bits per heavy atom. The van der Waals surface area contributed by atoms with E-state index in [1.165, 1.54) is 45.3 Å². The van der Waals surface area contributed by atoms with Crippen molar-refractivity contribution in [3.05, 3.63) is 64.5 Å². The fourth-order valence-corrected chi connectivity index (χ4v) is 5.92. The molecule has 0 spiro atoms. The first-order valence-electron chi connectivity index (χ1n) is 13.7. The number of rotatable bonds is 6. The van der Waals surface area contributed by atoms with Gasteiger partial charge in [-0.2, -0.15) is 0 Å². The second-order valence-corrected chi connectivity index (χ2v) is 11.9. The topological polar surface area (TPSA) is 253 Å². The fraction of sp³-hybridized carbons (Fsp3) is 0.400. The highest BCUT2D eigenvalue weighted by Crippen LogP contribution is 2.48. The number of nitrogens with one attached hydrogen (secondary N) is 2. The third-order valence-corrected chi connectivity index (χ3v) is 8.56. The molecular formula is C25H30B3FN4O12. The molecule has 0 radical (unpaired) electrons. The summed E-state index contributed by atoms with van der Waals surface area (Å²) in [6, 6.07) is 7.45. The van der Waals surface area contributed by atoms with E-state index in [0.717, 1.165) is 12.1 Å². The van der Waals surface area contributed by atoms with Crippen LogP contribution in [0.2, 0.25) is 0 Å². The minimum Gasteiger partial charge on any atom is -0.391 e. The van der Waals surface area contributed by atoms with Gasteiger partial charge in [0.2, 0.25) is 0 Å². The first-order valence-corrected chi connectivity index (χ1v) is 13.7. The number of fused-ring (bicyclic) bond motifs is 1. The number of hydrogen-bond acceptors (Lipinski definition) is 14. The number of imide groups is 1. The number of anilines is 1. The van der Waals surface area contributed by atoms with Gasteiger partial charge in [0.1, 0.15) is 27.1 Å². The van der Waals surface area contributed by atoms with Crippen molar-refractivity contribution in [1.82, 2.24) is 15.1 Å². The van der Waals surface area contributed by atoms with Gasteiger partial charge in [-0.25, -0.2) is 9.29 Å². The number of piperidine rings is 1. The van der Waals surface area contributed by atoms with E-state index in [2.05, 4.69) is 5.32 Å². The lowest BCUT2D eigenvalue weighted by Gasteiger charge is -2.51. The Labute approximate surface area is 256 Å². The van der Waals surface area contributed by atoms with Gasteiger partial charge in [0.15, 0.2) is 7.85 Å². The summed E-state index contributed by atoms with van der Waals surface area (Å²) in [5.41, 5.74) is -7.12. The number of carbonyl (C=O) groups is 3. The normalized spacial score (nSPS) is 25.8. The molecule has 2 aromatic carbocycles. The molecule has 0 saturated carbocycles. The van der Waals surface area contributed by atoms with Gasteiger partial charge >= 0.3 is 5.79 Å². The molecule has 0 aliphatic carbocycles. The number of nitrogens with zero attached hydrogens (tertiary/aromatic N) is 2. The summed E-state index contributed by atoms with van der Waals surface area (Å²) in [6.07, 6.45) is 0. The van der Waals surface area contributed by atoms with Crippen LogP contribution in [-0.2, 0) is 31.2 Å². The van der Waals surface area contributed by atoms with Gasteiger partial charge in [0.05, 0.1) is 24.3 Å². The molecule has 20 heteroatoms. The Balaban J connectivity index is 1.56. The third kappa shape index (κ3) is 4.60. The van der Waals surface area contributed by atoms with Crippen LogP contribution in [0.4, 0.5) is 10.1 Å². The highest BCUT2D eigenvalue weighted by molar-refractivity contribution is 6.41. The average molecular weight is 630 g/mol. The van der Waals surface area contributed by atoms with Crippen LogP contribution in [0.25, 0.3) is 0 Å². The third-order valence-electron chi connectivity index (χ3n) is 8.56. The molecule has 2 atom stereocenters. The molecule has 3 aliphatic rings. The van der Waals surface area contributed by atoms with Crippen LogP contribution >= 0.6 is 0 Å². The summed E-state index contributed by atoms with van der Waals surface area (Å²) in [4.78, 5) is 39.3. The molecule has 5 rings (SSSR count). The van der Waals surface area contributed by atoms with E-state index in [1.807, 2.05) is 0 Å². The molecule has 16 nitrogen and oxygen atoms in total. The van der Waals surface area contributed by atoms with E-state index in [4.69, 9.17) is 4.74 Å². The van der Waals surface area contributed by atoms with Crippen LogP contribution in [0.1, 0.15) is 27.0 Å². The maximum absolute atomic E-state index is 15.4. The number of hydrogen-bond donors (Lipinski definition) is 10. The lowest BCUT2D eigenvalue weighted by atomic mass is 9.57. The molecule has 0 aromatic heterocycles. The van der Waals surface area contributed by atoms with Gasteiger partial charge in [-0.3, -0.25) is 24.6 Å². The SMILES string of the molecule is BC(B)(Nc1cccc2c1C(O)(O)N(C1(O)C(=O)NC(=O)C(O)(O)C1(O)O)C2=O)c1cc(C(B)(O)N2CCOCC2)ccc1F. The van der Waals surface area contributed by atoms with Gasteiger partial charge in [-0.15, -0.1) is 0 Å². The zero-order valence-corrected chi connectivity index (χ0v) is 24.3. The predicted molar refractivity (Wildman–Crippen MR) is 155 cm³/mol. The summed E-state index contributed by atoms with van der Waals surface area (Å²) in [7, 11) is 4.53. The van der Waals surface area contributed by atoms with Crippen molar-refractivity contribution >= 4 is 46.9 Å². The average Bonchev–Trinajstić information content (AvgIpc) is 3.17. The lowest BCUT2D eigenvalue weighted by molar-refractivity contribution is -0.433. The van der Waals surface area contributed by atoms with E-state index in [-0.39, 0.29) is 11.3 Å². The highest BCUT2D eigenvalue weighted by atomic mass is 19.1. The molecule has 238 valence electrons. The number of morpholine rings is 1. The van der Waals surface area contributed by atoms with E-state index in [9.17, 15) is 55.2 Å². The molecule has 3 heterocycles. The zero-order chi connectivity index (χ0) is 33.5. The van der Waals surface area contributed by atoms with E-state index < -0.39 is 73.7 Å². The van der Waals surface area contributed by atoms with Gasteiger partial charge in [0.25, 0.3) is 35.1 Å². The Morgan fingerprint density at radius 3 is 2.18 bits per heavy atom. The molecule has 2 aromatic rings. The van der Waals surface area contributed by atoms with Crippen LogP contribution in [0, 0.1) is 5.82 Å². The molecule has 45 heavy (non-hydrogen) atoms. The van der Waals surface area contributed by atoms with E-state index in [1.54, 1.807) is 12.7 Å². The van der Waals surface area contributed by atoms with Gasteiger partial charge in [0, 0.05) is 24.1 Å². The number of aliphatic hydroxyl groups is 8. The summed E-state index contributed by atoms with van der Waals surface area (Å²) >= 11 is 0. The zero-order valence-electron chi connectivity index (χ0n) is 24.3. The predicted octanol–water partition coefficient (Wildman–Crippen LogP) is -7.36. The van der Waals surface area contributed by atoms with E-state index >= 15 is 4.39 Å². The largest absolute Gasteiger partial charge is 0.391 e. The number of amides is 3. The summed E-state index contributed by atoms with van der Waals surface area (Å²) < 4.78 is 20.7. The summed E-state index contributed by atoms with van der Waals surface area (Å²) in [5.74, 6) is -19.2. The van der Waals surface area contributed by atoms with Crippen molar-refractivity contribution in [1.29, 1.82) is 0 Å². The van der Waals surface area contributed by atoms with Crippen molar-refractivity contribution in [2.75, 3.05) is 31.6 Å². The number of halogens is 1. The van der Waals surface area contributed by atoms with Gasteiger partial charge in [-0.1, -0.05) is 12.1 Å². The van der Waals surface area contributed by atoms with Crippen molar-refractivity contribution in [3.8, 4) is 0 Å². The van der Waals surface area contributed by atoms with Crippen molar-refractivity contribution in [2.45, 2.75) is 34.2 Å². The fourth-order valence-electron chi connectivity index (χ4n) is 5.92. The lowest BCUT2D eigenvalue weighted by Crippen LogP contribution is -2.87. The minimum absolute atomic E-state index is 0.00678. The molecule has 10 N–H and O–H groups in total. The summed E-state index contributed by atoms with van der Waals surface area (Å²) in [6.45, 7) is 1.58. The second-order valence-electron chi connectivity index (χ2n) is 11.9. The summed E-state index contributed by atoms with van der Waals surface area (Å²) in [5, 5.41) is 88.8. The van der Waals surface area contributed by atoms with Crippen molar-refractivity contribution in [3.63, 3.8) is 0 Å². The van der Waals surface area contributed by atoms with Crippen LogP contribution < -0.4 is 10.6 Å². The molecule has 2 fully saturated rings. The van der Waals surface area contributed by atoms with Gasteiger partial charge < -0.3 is 50.9 Å². The Bertz CT molecular complexity index is 1600. The maximum Gasteiger partial charge on any atom is 0.306 e. The molecule has 2 saturated heterocycles. The van der Waals surface area contributed by atoms with Crippen LogP contribution in [0.3, 0.4) is 0 Å². The Kier molecular flexibility index (Phi) is 7.54. The molecular weight excluding hydrogens is 600 g/mol. The maximum atomic E-state index is 15.4. The first-order chi connectivity index (χ1) is 20.6. The first kappa shape index (κ1) is 33.0. The standard InChI is InChI=1S/C25H30B3FN4O12/c26-22(27,13-10-11(4-5-14(13)29)23(28,40)32-6-8-45-9-7-32)31-15-3-1-2-12-16(15)24(41,42)33(17(12)34)20(37)18(35)30-19(36)21(38,39)25(20,43)44/h1-5,10,31,37-44H,6-9,26-28H2,(H,30,35,36). The second kappa shape index (κ2) is 10.3. The Hall–Kier alpha value is -3.43. The molecule has 2 unspecified atom stereocenters.